The third kappa shape index (κ3) is 3.80. The maximum absolute atomic E-state index is 12.0. The number of rotatable bonds is 4. The summed E-state index contributed by atoms with van der Waals surface area (Å²) < 4.78 is 6.03. The third-order valence-corrected chi connectivity index (χ3v) is 3.12. The number of halogens is 1. The second-order valence-corrected chi connectivity index (χ2v) is 4.90. The van der Waals surface area contributed by atoms with E-state index in [1.165, 1.54) is 0 Å². The van der Waals surface area contributed by atoms with Gasteiger partial charge in [0.1, 0.15) is 5.75 Å². The summed E-state index contributed by atoms with van der Waals surface area (Å²) in [6.07, 6.45) is 3.35. The first-order valence-corrected chi connectivity index (χ1v) is 6.60. The molecule has 0 heterocycles. The lowest BCUT2D eigenvalue weighted by molar-refractivity contribution is 0.104. The van der Waals surface area contributed by atoms with Crippen LogP contribution in [0.15, 0.2) is 59.1 Å². The first kappa shape index (κ1) is 13.6. The van der Waals surface area contributed by atoms with Crippen molar-refractivity contribution in [2.24, 2.45) is 0 Å². The van der Waals surface area contributed by atoms with Gasteiger partial charge in [-0.1, -0.05) is 46.3 Å². The van der Waals surface area contributed by atoms with E-state index in [0.29, 0.717) is 5.56 Å². The Morgan fingerprint density at radius 3 is 2.68 bits per heavy atom. The van der Waals surface area contributed by atoms with Gasteiger partial charge in [0.15, 0.2) is 5.78 Å². The molecular formula is C16H13BrO2. The van der Waals surface area contributed by atoms with Crippen molar-refractivity contribution in [3.63, 3.8) is 0 Å². The Hall–Kier alpha value is -1.87. The van der Waals surface area contributed by atoms with Crippen molar-refractivity contribution in [1.29, 1.82) is 0 Å². The van der Waals surface area contributed by atoms with Gasteiger partial charge in [-0.25, -0.2) is 0 Å². The highest BCUT2D eigenvalue weighted by atomic mass is 79.9. The van der Waals surface area contributed by atoms with Crippen molar-refractivity contribution in [2.45, 2.75) is 0 Å². The van der Waals surface area contributed by atoms with E-state index in [1.54, 1.807) is 31.4 Å². The van der Waals surface area contributed by atoms with E-state index in [-0.39, 0.29) is 5.78 Å². The fraction of sp³-hybridized carbons (Fsp3) is 0.0625. The molecule has 2 aromatic carbocycles. The fourth-order valence-electron chi connectivity index (χ4n) is 1.66. The molecule has 0 saturated carbocycles. The summed E-state index contributed by atoms with van der Waals surface area (Å²) in [7, 11) is 1.62. The van der Waals surface area contributed by atoms with Gasteiger partial charge in [-0.2, -0.15) is 0 Å². The minimum Gasteiger partial charge on any atom is -0.497 e. The molecule has 0 spiro atoms. The van der Waals surface area contributed by atoms with E-state index >= 15 is 0 Å². The molecule has 96 valence electrons. The topological polar surface area (TPSA) is 26.3 Å². The Kier molecular flexibility index (Phi) is 4.53. The monoisotopic (exact) mass is 316 g/mol. The van der Waals surface area contributed by atoms with Gasteiger partial charge in [0, 0.05) is 10.0 Å². The number of benzene rings is 2. The van der Waals surface area contributed by atoms with Gasteiger partial charge in [0.25, 0.3) is 0 Å². The predicted octanol–water partition coefficient (Wildman–Crippen LogP) is 4.35. The van der Waals surface area contributed by atoms with Crippen LogP contribution in [0.5, 0.6) is 5.75 Å². The lowest BCUT2D eigenvalue weighted by Gasteiger charge is -2.00. The van der Waals surface area contributed by atoms with E-state index < -0.39 is 0 Å². The van der Waals surface area contributed by atoms with Crippen LogP contribution in [0.25, 0.3) is 6.08 Å². The highest BCUT2D eigenvalue weighted by molar-refractivity contribution is 9.10. The second kappa shape index (κ2) is 6.34. The molecule has 19 heavy (non-hydrogen) atoms. The van der Waals surface area contributed by atoms with Crippen LogP contribution in [-0.4, -0.2) is 12.9 Å². The van der Waals surface area contributed by atoms with Gasteiger partial charge in [-0.05, 0) is 35.9 Å². The number of ether oxygens (including phenoxy) is 1. The van der Waals surface area contributed by atoms with Gasteiger partial charge in [-0.3, -0.25) is 4.79 Å². The standard InChI is InChI=1S/C16H13BrO2/c1-19-15-7-2-4-12(10-15)8-9-16(18)13-5-3-6-14(17)11-13/h2-11H,1H3. The van der Waals surface area contributed by atoms with Crippen LogP contribution in [0, 0.1) is 0 Å². The van der Waals surface area contributed by atoms with Crippen molar-refractivity contribution < 1.29 is 9.53 Å². The second-order valence-electron chi connectivity index (χ2n) is 3.98. The Balaban J connectivity index is 2.16. The van der Waals surface area contributed by atoms with Crippen molar-refractivity contribution in [3.8, 4) is 5.75 Å². The normalized spacial score (nSPS) is 10.6. The lowest BCUT2D eigenvalue weighted by Crippen LogP contribution is -1.93. The molecule has 0 fully saturated rings. The molecule has 0 amide bonds. The average molecular weight is 317 g/mol. The number of hydrogen-bond donors (Lipinski definition) is 0. The summed E-state index contributed by atoms with van der Waals surface area (Å²) >= 11 is 3.35. The van der Waals surface area contributed by atoms with Crippen LogP contribution in [0.1, 0.15) is 15.9 Å². The van der Waals surface area contributed by atoms with E-state index in [0.717, 1.165) is 15.8 Å². The predicted molar refractivity (Wildman–Crippen MR) is 80.5 cm³/mol. The van der Waals surface area contributed by atoms with Crippen molar-refractivity contribution in [2.75, 3.05) is 7.11 Å². The zero-order valence-electron chi connectivity index (χ0n) is 10.5. The van der Waals surface area contributed by atoms with Gasteiger partial charge < -0.3 is 4.74 Å². The van der Waals surface area contributed by atoms with E-state index in [9.17, 15) is 4.79 Å². The van der Waals surface area contributed by atoms with Gasteiger partial charge in [0.2, 0.25) is 0 Å². The average Bonchev–Trinajstić information content (AvgIpc) is 2.45. The molecule has 2 nitrogen and oxygen atoms in total. The summed E-state index contributed by atoms with van der Waals surface area (Å²) in [6, 6.07) is 14.9. The van der Waals surface area contributed by atoms with Crippen molar-refractivity contribution in [3.05, 3.63) is 70.2 Å². The summed E-state index contributed by atoms with van der Waals surface area (Å²) in [5.74, 6) is 0.751. The molecule has 0 unspecified atom stereocenters. The van der Waals surface area contributed by atoms with Crippen LogP contribution in [-0.2, 0) is 0 Å². The zero-order valence-corrected chi connectivity index (χ0v) is 12.1. The molecule has 0 bridgehead atoms. The number of carbonyl (C=O) groups is 1. The molecule has 0 aromatic heterocycles. The van der Waals surface area contributed by atoms with Gasteiger partial charge in [0.05, 0.1) is 7.11 Å². The molecule has 0 aliphatic heterocycles. The number of methoxy groups -OCH3 is 1. The summed E-state index contributed by atoms with van der Waals surface area (Å²) in [5.41, 5.74) is 1.59. The van der Waals surface area contributed by atoms with Crippen LogP contribution in [0.2, 0.25) is 0 Å². The number of allylic oxidation sites excluding steroid dienone is 1. The molecule has 0 radical (unpaired) electrons. The number of carbonyl (C=O) groups excluding carboxylic acids is 1. The third-order valence-electron chi connectivity index (χ3n) is 2.63. The summed E-state index contributed by atoms with van der Waals surface area (Å²) in [5, 5.41) is 0. The molecule has 0 atom stereocenters. The van der Waals surface area contributed by atoms with Crippen LogP contribution < -0.4 is 4.74 Å². The smallest absolute Gasteiger partial charge is 0.185 e. The molecule has 0 aliphatic rings. The molecule has 0 saturated heterocycles. The van der Waals surface area contributed by atoms with Crippen LogP contribution in [0.3, 0.4) is 0 Å². The Bertz CT molecular complexity index is 618. The molecule has 0 aliphatic carbocycles. The number of hydrogen-bond acceptors (Lipinski definition) is 2. The zero-order chi connectivity index (χ0) is 13.7. The Labute approximate surface area is 120 Å². The SMILES string of the molecule is COc1cccc(C=CC(=O)c2cccc(Br)c2)c1. The minimum absolute atomic E-state index is 0.0240. The first-order chi connectivity index (χ1) is 9.19. The maximum atomic E-state index is 12.0. The molecular weight excluding hydrogens is 304 g/mol. The molecule has 3 heteroatoms. The highest BCUT2D eigenvalue weighted by Gasteiger charge is 2.01. The quantitative estimate of drug-likeness (QED) is 0.619. The summed E-state index contributed by atoms with van der Waals surface area (Å²) in [4.78, 5) is 12.0. The Morgan fingerprint density at radius 1 is 1.16 bits per heavy atom. The van der Waals surface area contributed by atoms with Crippen LogP contribution in [0.4, 0.5) is 0 Å². The largest absolute Gasteiger partial charge is 0.497 e. The van der Waals surface area contributed by atoms with E-state index in [4.69, 9.17) is 4.74 Å². The molecule has 2 aromatic rings. The Morgan fingerprint density at radius 2 is 1.95 bits per heavy atom. The lowest BCUT2D eigenvalue weighted by atomic mass is 10.1. The molecule has 0 N–H and O–H groups in total. The number of ketones is 1. The summed E-state index contributed by atoms with van der Waals surface area (Å²) in [6.45, 7) is 0. The minimum atomic E-state index is -0.0240. The van der Waals surface area contributed by atoms with Gasteiger partial charge in [-0.15, -0.1) is 0 Å². The maximum Gasteiger partial charge on any atom is 0.185 e. The van der Waals surface area contributed by atoms with Gasteiger partial charge >= 0.3 is 0 Å². The molecule has 2 rings (SSSR count). The highest BCUT2D eigenvalue weighted by Crippen LogP contribution is 2.15. The van der Waals surface area contributed by atoms with Crippen molar-refractivity contribution in [1.82, 2.24) is 0 Å². The van der Waals surface area contributed by atoms with E-state index in [2.05, 4.69) is 15.9 Å². The first-order valence-electron chi connectivity index (χ1n) is 5.81. The fourth-order valence-corrected chi connectivity index (χ4v) is 2.05. The van der Waals surface area contributed by atoms with Crippen LogP contribution >= 0.6 is 15.9 Å². The van der Waals surface area contributed by atoms with Crippen molar-refractivity contribution >= 4 is 27.8 Å². The van der Waals surface area contributed by atoms with E-state index in [1.807, 2.05) is 36.4 Å².